The van der Waals surface area contributed by atoms with Crippen LogP contribution in [-0.2, 0) is 16.0 Å². The summed E-state index contributed by atoms with van der Waals surface area (Å²) in [5.74, 6) is -3.40. The van der Waals surface area contributed by atoms with Gasteiger partial charge in [0.1, 0.15) is 5.82 Å². The number of carbonyl (C=O) groups is 3. The molecule has 180 valence electrons. The van der Waals surface area contributed by atoms with Crippen molar-refractivity contribution in [2.45, 2.75) is 44.6 Å². The van der Waals surface area contributed by atoms with Crippen LogP contribution in [0.25, 0.3) is 0 Å². The fraction of sp³-hybridized carbons (Fsp3) is 0.381. The predicted octanol–water partition coefficient (Wildman–Crippen LogP) is 2.09. The quantitative estimate of drug-likeness (QED) is 0.508. The third-order valence-corrected chi connectivity index (χ3v) is 5.55. The number of alkyl halides is 2. The van der Waals surface area contributed by atoms with Gasteiger partial charge in [-0.1, -0.05) is 13.3 Å². The molecule has 1 fully saturated rings. The minimum Gasteiger partial charge on any atom is -0.480 e. The molecule has 13 heteroatoms. The number of aromatic nitrogens is 2. The fourth-order valence-electron chi connectivity index (χ4n) is 4.01. The van der Waals surface area contributed by atoms with E-state index in [1.54, 1.807) is 6.07 Å². The molecule has 1 saturated heterocycles. The Labute approximate surface area is 191 Å². The Morgan fingerprint density at radius 3 is 2.76 bits per heavy atom. The molecule has 3 amide bonds. The first-order valence-electron chi connectivity index (χ1n) is 10.4. The number of nitrogens with one attached hydrogen (secondary N) is 1. The number of nitrogens with two attached hydrogens (primary N) is 1. The van der Waals surface area contributed by atoms with Gasteiger partial charge in [0.05, 0.1) is 12.0 Å². The molecule has 4 rings (SSSR count). The predicted molar refractivity (Wildman–Crippen MR) is 111 cm³/mol. The lowest BCUT2D eigenvalue weighted by atomic mass is 9.82. The third kappa shape index (κ3) is 4.40. The number of likely N-dealkylation sites (tertiary alicyclic amines) is 1. The highest BCUT2D eigenvalue weighted by atomic mass is 19.3. The van der Waals surface area contributed by atoms with E-state index in [1.807, 2.05) is 6.92 Å². The normalized spacial score (nSPS) is 21.0. The number of amides is 3. The lowest BCUT2D eigenvalue weighted by Crippen LogP contribution is -2.68. The van der Waals surface area contributed by atoms with Crippen LogP contribution in [0, 0.1) is 5.92 Å². The lowest BCUT2D eigenvalue weighted by molar-refractivity contribution is -0.287. The van der Waals surface area contributed by atoms with Gasteiger partial charge in [0.15, 0.2) is 11.8 Å². The number of pyridine rings is 2. The Hall–Kier alpha value is -4.03. The number of hydrogen-bond donors (Lipinski definition) is 3. The molecule has 11 nitrogen and oxygen atoms in total. The van der Waals surface area contributed by atoms with Crippen LogP contribution in [0.4, 0.5) is 19.4 Å². The summed E-state index contributed by atoms with van der Waals surface area (Å²) < 4.78 is 35.3. The highest BCUT2D eigenvalue weighted by Crippen LogP contribution is 2.40. The fourth-order valence-corrected chi connectivity index (χ4v) is 4.01. The minimum atomic E-state index is -3.84. The maximum Gasteiger partial charge on any atom is 0.587 e. The van der Waals surface area contributed by atoms with E-state index < -0.39 is 48.1 Å². The maximum absolute atomic E-state index is 13.3. The molecule has 0 aromatic carbocycles. The van der Waals surface area contributed by atoms with Crippen molar-refractivity contribution in [3.63, 3.8) is 0 Å². The molecular formula is C21H21F2N5O6. The van der Waals surface area contributed by atoms with Crippen LogP contribution in [0.3, 0.4) is 0 Å². The van der Waals surface area contributed by atoms with Gasteiger partial charge in [0, 0.05) is 12.4 Å². The third-order valence-electron chi connectivity index (χ3n) is 5.55. The first kappa shape index (κ1) is 23.1. The SMILES string of the molecule is CCCC(NC(=O)N1C(=O)[C@H](Cc2ccnc(N)c2)[C@H]1C(=O)O)c1cnc2c(c1)OC(F)(F)O2. The van der Waals surface area contributed by atoms with Crippen LogP contribution in [0.1, 0.15) is 36.9 Å². The molecular weight excluding hydrogens is 456 g/mol. The number of aliphatic carboxylic acids is 1. The number of hydrogen-bond acceptors (Lipinski definition) is 8. The first-order chi connectivity index (χ1) is 16.1. The van der Waals surface area contributed by atoms with Crippen LogP contribution in [0.5, 0.6) is 11.6 Å². The van der Waals surface area contributed by atoms with E-state index in [2.05, 4.69) is 24.8 Å². The zero-order chi connectivity index (χ0) is 24.6. The number of carboxylic acid groups (broad SMARTS) is 1. The average Bonchev–Trinajstić information content (AvgIpc) is 3.07. The van der Waals surface area contributed by atoms with Gasteiger partial charge in [-0.15, -0.1) is 8.78 Å². The molecule has 2 aromatic rings. The molecule has 34 heavy (non-hydrogen) atoms. The first-order valence-corrected chi connectivity index (χ1v) is 10.4. The van der Waals surface area contributed by atoms with Crippen molar-refractivity contribution in [2.24, 2.45) is 5.92 Å². The summed E-state index contributed by atoms with van der Waals surface area (Å²) in [6.07, 6.45) is -0.136. The number of β-lactam (4-membered cyclic amide) rings is 1. The Bertz CT molecular complexity index is 1150. The van der Waals surface area contributed by atoms with Gasteiger partial charge in [-0.2, -0.15) is 0 Å². The second-order valence-electron chi connectivity index (χ2n) is 7.92. The molecule has 2 aromatic heterocycles. The second kappa shape index (κ2) is 8.72. The number of nitrogens with zero attached hydrogens (tertiary/aromatic N) is 3. The summed E-state index contributed by atoms with van der Waals surface area (Å²) in [6, 6.07) is 1.37. The number of urea groups is 1. The Morgan fingerprint density at radius 2 is 2.09 bits per heavy atom. The van der Waals surface area contributed by atoms with Crippen molar-refractivity contribution < 1.29 is 37.7 Å². The van der Waals surface area contributed by atoms with Crippen LogP contribution in [-0.4, -0.2) is 50.2 Å². The van der Waals surface area contributed by atoms with Crippen molar-refractivity contribution in [3.8, 4) is 11.6 Å². The monoisotopic (exact) mass is 477 g/mol. The van der Waals surface area contributed by atoms with Crippen molar-refractivity contribution >= 4 is 23.7 Å². The van der Waals surface area contributed by atoms with E-state index in [4.69, 9.17) is 5.73 Å². The van der Waals surface area contributed by atoms with Gasteiger partial charge in [0.2, 0.25) is 5.91 Å². The van der Waals surface area contributed by atoms with Gasteiger partial charge in [0.25, 0.3) is 5.88 Å². The average molecular weight is 477 g/mol. The highest BCUT2D eigenvalue weighted by molar-refractivity contribution is 6.07. The van der Waals surface area contributed by atoms with Crippen LogP contribution < -0.4 is 20.5 Å². The van der Waals surface area contributed by atoms with Crippen molar-refractivity contribution in [1.82, 2.24) is 20.2 Å². The molecule has 0 spiro atoms. The number of imide groups is 1. The van der Waals surface area contributed by atoms with Crippen molar-refractivity contribution in [2.75, 3.05) is 5.73 Å². The Morgan fingerprint density at radius 1 is 1.32 bits per heavy atom. The van der Waals surface area contributed by atoms with E-state index in [-0.39, 0.29) is 18.0 Å². The summed E-state index contributed by atoms with van der Waals surface area (Å²) in [4.78, 5) is 45.8. The van der Waals surface area contributed by atoms with Gasteiger partial charge in [-0.3, -0.25) is 4.79 Å². The molecule has 1 unspecified atom stereocenters. The maximum atomic E-state index is 13.3. The standard InChI is InChI=1S/C21H21F2N5O6/c1-2-3-13(11-8-14-17(26-9-11)34-21(22,23)33-14)27-20(32)28-16(19(30)31)12(18(28)29)6-10-4-5-25-15(24)7-10/h4-5,7-9,12-13,16H,2-3,6H2,1H3,(H2,24,25)(H,27,32)(H,30,31)/t12-,13?,16+/m1/s1. The second-order valence-corrected chi connectivity index (χ2v) is 7.92. The van der Waals surface area contributed by atoms with Gasteiger partial charge >= 0.3 is 18.3 Å². The number of ether oxygens (including phenoxy) is 2. The lowest BCUT2D eigenvalue weighted by Gasteiger charge is -2.43. The summed E-state index contributed by atoms with van der Waals surface area (Å²) >= 11 is 0. The van der Waals surface area contributed by atoms with E-state index in [1.165, 1.54) is 24.5 Å². The van der Waals surface area contributed by atoms with Crippen molar-refractivity contribution in [1.29, 1.82) is 0 Å². The summed E-state index contributed by atoms with van der Waals surface area (Å²) in [6.45, 7) is 1.83. The number of anilines is 1. The van der Waals surface area contributed by atoms with Gasteiger partial charge in [-0.05, 0) is 42.2 Å². The molecule has 0 radical (unpaired) electrons. The Balaban J connectivity index is 1.50. The largest absolute Gasteiger partial charge is 0.587 e. The van der Waals surface area contributed by atoms with E-state index >= 15 is 0 Å². The molecule has 2 aliphatic rings. The van der Waals surface area contributed by atoms with E-state index in [9.17, 15) is 28.3 Å². The topological polar surface area (TPSA) is 157 Å². The zero-order valence-corrected chi connectivity index (χ0v) is 17.9. The van der Waals surface area contributed by atoms with E-state index in [0.717, 1.165) is 0 Å². The molecule has 0 bridgehead atoms. The molecule has 4 N–H and O–H groups in total. The van der Waals surface area contributed by atoms with Crippen LogP contribution in [0.15, 0.2) is 30.6 Å². The number of carbonyl (C=O) groups excluding carboxylic acids is 2. The summed E-state index contributed by atoms with van der Waals surface area (Å²) in [7, 11) is 0. The Kier molecular flexibility index (Phi) is 5.94. The summed E-state index contributed by atoms with van der Waals surface area (Å²) in [5, 5.41) is 12.3. The number of rotatable bonds is 7. The molecule has 3 atom stereocenters. The molecule has 0 saturated carbocycles. The highest BCUT2D eigenvalue weighted by Gasteiger charge is 2.55. The molecule has 0 aliphatic carbocycles. The number of carboxylic acids is 1. The molecule has 2 aliphatic heterocycles. The van der Waals surface area contributed by atoms with Gasteiger partial charge < -0.3 is 25.6 Å². The smallest absolute Gasteiger partial charge is 0.480 e. The van der Waals surface area contributed by atoms with E-state index in [0.29, 0.717) is 28.9 Å². The van der Waals surface area contributed by atoms with Gasteiger partial charge in [-0.25, -0.2) is 24.5 Å². The van der Waals surface area contributed by atoms with Crippen LogP contribution >= 0.6 is 0 Å². The summed E-state index contributed by atoms with van der Waals surface area (Å²) in [5.41, 5.74) is 6.58. The number of halogens is 2. The zero-order valence-electron chi connectivity index (χ0n) is 17.9. The van der Waals surface area contributed by atoms with Crippen LogP contribution in [0.2, 0.25) is 0 Å². The number of nitrogen functional groups attached to an aromatic ring is 1. The minimum absolute atomic E-state index is 0.0744. The number of fused-ring (bicyclic) bond motifs is 1. The molecule has 4 heterocycles. The van der Waals surface area contributed by atoms with Crippen molar-refractivity contribution in [3.05, 3.63) is 41.7 Å².